The number of urea groups is 1. The summed E-state index contributed by atoms with van der Waals surface area (Å²) in [6, 6.07) is 2.81. The lowest BCUT2D eigenvalue weighted by atomic mass is 10.3. The maximum absolute atomic E-state index is 12.9. The molecule has 0 bridgehead atoms. The van der Waals surface area contributed by atoms with E-state index in [4.69, 9.17) is 0 Å². The first kappa shape index (κ1) is 13.3. The average Bonchev–Trinajstić information content (AvgIpc) is 3.15. The standard InChI is InChI=1S/C12H13F2N3O2/c13-9-4-3-8(5-10(9)14)16-11(18)6-15-12(19)17-7-1-2-7/h3-5,7H,1-2,6H2,(H,16,18)(H2,15,17,19). The van der Waals surface area contributed by atoms with E-state index in [2.05, 4.69) is 16.0 Å². The Hall–Kier alpha value is -2.18. The molecule has 0 atom stereocenters. The van der Waals surface area contributed by atoms with E-state index in [1.165, 1.54) is 6.07 Å². The van der Waals surface area contributed by atoms with E-state index < -0.39 is 23.6 Å². The van der Waals surface area contributed by atoms with Crippen molar-refractivity contribution in [3.8, 4) is 0 Å². The molecule has 1 fully saturated rings. The van der Waals surface area contributed by atoms with Gasteiger partial charge in [-0.1, -0.05) is 0 Å². The Labute approximate surface area is 108 Å². The van der Waals surface area contributed by atoms with Crippen molar-refractivity contribution >= 4 is 17.6 Å². The fourth-order valence-electron chi connectivity index (χ4n) is 1.40. The van der Waals surface area contributed by atoms with E-state index in [9.17, 15) is 18.4 Å². The molecule has 1 aliphatic carbocycles. The highest BCUT2D eigenvalue weighted by Crippen LogP contribution is 2.18. The Kier molecular flexibility index (Phi) is 3.94. The summed E-state index contributed by atoms with van der Waals surface area (Å²) in [5.41, 5.74) is 0.133. The normalized spacial score (nSPS) is 13.8. The zero-order valence-electron chi connectivity index (χ0n) is 10.0. The summed E-state index contributed by atoms with van der Waals surface area (Å²) >= 11 is 0. The quantitative estimate of drug-likeness (QED) is 0.772. The molecule has 0 heterocycles. The lowest BCUT2D eigenvalue weighted by Gasteiger charge is -2.08. The van der Waals surface area contributed by atoms with Crippen LogP contribution in [0.5, 0.6) is 0 Å². The van der Waals surface area contributed by atoms with Crippen molar-refractivity contribution in [1.82, 2.24) is 10.6 Å². The van der Waals surface area contributed by atoms with Gasteiger partial charge in [0.2, 0.25) is 5.91 Å². The van der Waals surface area contributed by atoms with Crippen LogP contribution in [0.4, 0.5) is 19.3 Å². The third-order valence-corrected chi connectivity index (χ3v) is 2.53. The van der Waals surface area contributed by atoms with Gasteiger partial charge < -0.3 is 16.0 Å². The molecule has 0 spiro atoms. The van der Waals surface area contributed by atoms with Gasteiger partial charge in [0.25, 0.3) is 0 Å². The molecule has 5 nitrogen and oxygen atoms in total. The minimum atomic E-state index is -1.04. The molecule has 102 valence electrons. The van der Waals surface area contributed by atoms with Crippen molar-refractivity contribution in [3.63, 3.8) is 0 Å². The van der Waals surface area contributed by atoms with Gasteiger partial charge in [0.15, 0.2) is 11.6 Å². The molecule has 0 unspecified atom stereocenters. The highest BCUT2D eigenvalue weighted by Gasteiger charge is 2.23. The lowest BCUT2D eigenvalue weighted by molar-refractivity contribution is -0.115. The van der Waals surface area contributed by atoms with E-state index in [1.54, 1.807) is 0 Å². The van der Waals surface area contributed by atoms with Crippen molar-refractivity contribution in [3.05, 3.63) is 29.8 Å². The van der Waals surface area contributed by atoms with Crippen molar-refractivity contribution in [2.75, 3.05) is 11.9 Å². The Morgan fingerprint density at radius 1 is 1.21 bits per heavy atom. The number of carbonyl (C=O) groups excluding carboxylic acids is 2. The van der Waals surface area contributed by atoms with E-state index in [-0.39, 0.29) is 18.3 Å². The SMILES string of the molecule is O=C(CNC(=O)NC1CC1)Nc1ccc(F)c(F)c1. The van der Waals surface area contributed by atoms with Gasteiger partial charge in [-0.05, 0) is 25.0 Å². The van der Waals surface area contributed by atoms with Gasteiger partial charge in [-0.2, -0.15) is 0 Å². The number of nitrogens with one attached hydrogen (secondary N) is 3. The number of carbonyl (C=O) groups is 2. The van der Waals surface area contributed by atoms with Crippen LogP contribution >= 0.6 is 0 Å². The van der Waals surface area contributed by atoms with Crippen molar-refractivity contribution in [2.24, 2.45) is 0 Å². The largest absolute Gasteiger partial charge is 0.335 e. The van der Waals surface area contributed by atoms with E-state index in [1.807, 2.05) is 0 Å². The van der Waals surface area contributed by atoms with Crippen LogP contribution in [-0.2, 0) is 4.79 Å². The van der Waals surface area contributed by atoms with Gasteiger partial charge in [0.05, 0.1) is 6.54 Å². The molecule has 0 aliphatic heterocycles. The zero-order valence-corrected chi connectivity index (χ0v) is 10.0. The summed E-state index contributed by atoms with van der Waals surface area (Å²) in [4.78, 5) is 22.7. The van der Waals surface area contributed by atoms with E-state index >= 15 is 0 Å². The number of rotatable bonds is 4. The fourth-order valence-corrected chi connectivity index (χ4v) is 1.40. The van der Waals surface area contributed by atoms with Crippen molar-refractivity contribution < 1.29 is 18.4 Å². The van der Waals surface area contributed by atoms with Gasteiger partial charge in [-0.25, -0.2) is 13.6 Å². The Balaban J connectivity index is 1.76. The molecule has 7 heteroatoms. The molecule has 19 heavy (non-hydrogen) atoms. The monoisotopic (exact) mass is 269 g/mol. The van der Waals surface area contributed by atoms with Crippen molar-refractivity contribution in [2.45, 2.75) is 18.9 Å². The minimum absolute atomic E-state index is 0.133. The van der Waals surface area contributed by atoms with Crippen LogP contribution in [0.25, 0.3) is 0 Å². The first-order valence-corrected chi connectivity index (χ1v) is 5.84. The summed E-state index contributed by atoms with van der Waals surface area (Å²) in [6.07, 6.45) is 1.91. The van der Waals surface area contributed by atoms with Crippen LogP contribution in [-0.4, -0.2) is 24.5 Å². The molecule has 0 saturated heterocycles. The molecule has 1 aromatic rings. The highest BCUT2D eigenvalue weighted by atomic mass is 19.2. The minimum Gasteiger partial charge on any atom is -0.335 e. The Bertz CT molecular complexity index is 504. The molecule has 3 amide bonds. The summed E-state index contributed by atoms with van der Waals surface area (Å²) in [5, 5.41) is 7.37. The molecule has 3 N–H and O–H groups in total. The van der Waals surface area contributed by atoms with Gasteiger partial charge in [-0.15, -0.1) is 0 Å². The number of hydrogen-bond acceptors (Lipinski definition) is 2. The molecule has 1 saturated carbocycles. The molecular formula is C12H13F2N3O2. The number of halogens is 2. The predicted molar refractivity (Wildman–Crippen MR) is 64.5 cm³/mol. The Morgan fingerprint density at radius 3 is 2.58 bits per heavy atom. The van der Waals surface area contributed by atoms with Crippen LogP contribution in [0.15, 0.2) is 18.2 Å². The number of amides is 3. The third kappa shape index (κ3) is 4.20. The second kappa shape index (κ2) is 5.64. The summed E-state index contributed by atoms with van der Waals surface area (Å²) < 4.78 is 25.6. The van der Waals surface area contributed by atoms with Crippen LogP contribution < -0.4 is 16.0 Å². The first-order valence-electron chi connectivity index (χ1n) is 5.84. The maximum atomic E-state index is 12.9. The zero-order chi connectivity index (χ0) is 13.8. The summed E-state index contributed by atoms with van der Waals surface area (Å²) in [5.74, 6) is -2.55. The summed E-state index contributed by atoms with van der Waals surface area (Å²) in [6.45, 7) is -0.239. The second-order valence-electron chi connectivity index (χ2n) is 4.28. The summed E-state index contributed by atoms with van der Waals surface area (Å²) in [7, 11) is 0. The number of hydrogen-bond donors (Lipinski definition) is 3. The Morgan fingerprint density at radius 2 is 1.95 bits per heavy atom. The van der Waals surface area contributed by atoms with E-state index in [0.717, 1.165) is 25.0 Å². The maximum Gasteiger partial charge on any atom is 0.315 e. The van der Waals surface area contributed by atoms with Gasteiger partial charge in [0, 0.05) is 17.8 Å². The van der Waals surface area contributed by atoms with E-state index in [0.29, 0.717) is 0 Å². The first-order chi connectivity index (χ1) is 9.04. The predicted octanol–water partition coefficient (Wildman–Crippen LogP) is 1.36. The van der Waals surface area contributed by atoms with Gasteiger partial charge in [0.1, 0.15) is 0 Å². The smallest absolute Gasteiger partial charge is 0.315 e. The fraction of sp³-hybridized carbons (Fsp3) is 0.333. The molecule has 1 aliphatic rings. The number of benzene rings is 1. The average molecular weight is 269 g/mol. The highest BCUT2D eigenvalue weighted by molar-refractivity contribution is 5.94. The third-order valence-electron chi connectivity index (χ3n) is 2.53. The topological polar surface area (TPSA) is 70.2 Å². The van der Waals surface area contributed by atoms with Crippen molar-refractivity contribution in [1.29, 1.82) is 0 Å². The lowest BCUT2D eigenvalue weighted by Crippen LogP contribution is -2.40. The molecular weight excluding hydrogens is 256 g/mol. The van der Waals surface area contributed by atoms with Crippen LogP contribution in [0, 0.1) is 11.6 Å². The van der Waals surface area contributed by atoms with Gasteiger partial charge in [-0.3, -0.25) is 4.79 Å². The molecule has 1 aromatic carbocycles. The molecule has 0 radical (unpaired) electrons. The van der Waals surface area contributed by atoms with Crippen LogP contribution in [0.1, 0.15) is 12.8 Å². The number of anilines is 1. The van der Waals surface area contributed by atoms with Crippen LogP contribution in [0.2, 0.25) is 0 Å². The second-order valence-corrected chi connectivity index (χ2v) is 4.28. The van der Waals surface area contributed by atoms with Crippen LogP contribution in [0.3, 0.4) is 0 Å². The van der Waals surface area contributed by atoms with Gasteiger partial charge >= 0.3 is 6.03 Å². The molecule has 0 aromatic heterocycles. The molecule has 2 rings (SSSR count).